The van der Waals surface area contributed by atoms with Gasteiger partial charge in [0.2, 0.25) is 5.95 Å². The summed E-state index contributed by atoms with van der Waals surface area (Å²) in [6, 6.07) is 6.37. The molecule has 1 saturated heterocycles. The van der Waals surface area contributed by atoms with Crippen LogP contribution in [0.15, 0.2) is 47.4 Å². The van der Waals surface area contributed by atoms with Gasteiger partial charge in [0.1, 0.15) is 17.5 Å². The van der Waals surface area contributed by atoms with Crippen LogP contribution in [0.25, 0.3) is 11.0 Å². The fraction of sp³-hybridized carbons (Fsp3) is 0.348. The van der Waals surface area contributed by atoms with Gasteiger partial charge in [-0.25, -0.2) is 14.2 Å². The molecule has 3 N–H and O–H groups in total. The lowest BCUT2D eigenvalue weighted by Crippen LogP contribution is -2.57. The van der Waals surface area contributed by atoms with Gasteiger partial charge < -0.3 is 20.6 Å². The molecule has 10 nitrogen and oxygen atoms in total. The Hall–Kier alpha value is -3.86. The second kappa shape index (κ2) is 8.17. The molecule has 0 amide bonds. The average Bonchev–Trinajstić information content (AvgIpc) is 2.78. The standard InChI is InChI=1S/C23H24FN7O3/c1-23(24)11-30(12-23)14-8-6-13(7-9-14)27-21-26-10-15-19(28-21)29-22(34)31(20(15)25-2)18-16(32)4-3-5-17(18)33/h3-4,6-10,17-18,25,33H,5,11-12H2,1-2H3,(H,27,28,29,34). The van der Waals surface area contributed by atoms with Crippen LogP contribution in [-0.4, -0.2) is 62.3 Å². The number of carbonyl (C=O) groups is 1. The molecule has 3 heterocycles. The van der Waals surface area contributed by atoms with Gasteiger partial charge in [-0.2, -0.15) is 9.97 Å². The monoisotopic (exact) mass is 465 g/mol. The number of fused-ring (bicyclic) bond motifs is 1. The Bertz CT molecular complexity index is 1350. The summed E-state index contributed by atoms with van der Waals surface area (Å²) >= 11 is 0. The molecule has 2 aliphatic rings. The average molecular weight is 465 g/mol. The van der Waals surface area contributed by atoms with Crippen molar-refractivity contribution in [2.24, 2.45) is 0 Å². The molecule has 176 valence electrons. The first kappa shape index (κ1) is 22.0. The van der Waals surface area contributed by atoms with Crippen molar-refractivity contribution >= 4 is 40.0 Å². The molecule has 11 heteroatoms. The lowest BCUT2D eigenvalue weighted by Gasteiger charge is -2.43. The molecule has 0 radical (unpaired) electrons. The van der Waals surface area contributed by atoms with E-state index in [2.05, 4.69) is 25.6 Å². The van der Waals surface area contributed by atoms with E-state index in [-0.39, 0.29) is 23.8 Å². The molecule has 0 spiro atoms. The molecule has 34 heavy (non-hydrogen) atoms. The molecule has 2 unspecified atom stereocenters. The Morgan fingerprint density at radius 1 is 1.18 bits per heavy atom. The summed E-state index contributed by atoms with van der Waals surface area (Å²) < 4.78 is 14.9. The van der Waals surface area contributed by atoms with Gasteiger partial charge in [-0.3, -0.25) is 9.36 Å². The first-order valence-corrected chi connectivity index (χ1v) is 10.9. The van der Waals surface area contributed by atoms with Crippen molar-refractivity contribution in [2.75, 3.05) is 35.7 Å². The van der Waals surface area contributed by atoms with E-state index < -0.39 is 23.5 Å². The number of aromatic nitrogens is 4. The van der Waals surface area contributed by atoms with E-state index >= 15 is 0 Å². The van der Waals surface area contributed by atoms with Crippen LogP contribution in [-0.2, 0) is 4.79 Å². The molecule has 0 bridgehead atoms. The minimum Gasteiger partial charge on any atom is -0.390 e. The van der Waals surface area contributed by atoms with Crippen molar-refractivity contribution < 1.29 is 14.3 Å². The predicted octanol–water partition coefficient (Wildman–Crippen LogP) is 1.95. The summed E-state index contributed by atoms with van der Waals surface area (Å²) in [7, 11) is 1.61. The Morgan fingerprint density at radius 3 is 2.56 bits per heavy atom. The lowest BCUT2D eigenvalue weighted by molar-refractivity contribution is -0.121. The third kappa shape index (κ3) is 3.87. The van der Waals surface area contributed by atoms with E-state index in [1.54, 1.807) is 20.0 Å². The summed E-state index contributed by atoms with van der Waals surface area (Å²) in [5.41, 5.74) is -0.0530. The normalized spacial score (nSPS) is 21.4. The number of aliphatic hydroxyl groups excluding tert-OH is 1. The van der Waals surface area contributed by atoms with Gasteiger partial charge in [0.25, 0.3) is 0 Å². The minimum atomic E-state index is -1.15. The van der Waals surface area contributed by atoms with Crippen molar-refractivity contribution in [2.45, 2.75) is 31.2 Å². The summed E-state index contributed by atoms with van der Waals surface area (Å²) in [4.78, 5) is 40.0. The molecule has 1 fully saturated rings. The second-order valence-corrected chi connectivity index (χ2v) is 8.79. The number of halogens is 1. The highest BCUT2D eigenvalue weighted by molar-refractivity contribution is 5.96. The molecule has 2 atom stereocenters. The van der Waals surface area contributed by atoms with Crippen LogP contribution in [0.4, 0.5) is 27.5 Å². The number of hydrogen-bond donors (Lipinski definition) is 3. The van der Waals surface area contributed by atoms with Crippen molar-refractivity contribution in [3.05, 3.63) is 53.1 Å². The second-order valence-electron chi connectivity index (χ2n) is 8.79. The van der Waals surface area contributed by atoms with Crippen molar-refractivity contribution in [3.63, 3.8) is 0 Å². The van der Waals surface area contributed by atoms with Crippen LogP contribution in [0.3, 0.4) is 0 Å². The fourth-order valence-electron chi connectivity index (χ4n) is 4.43. The Balaban J connectivity index is 1.43. The van der Waals surface area contributed by atoms with E-state index in [1.807, 2.05) is 29.2 Å². The Labute approximate surface area is 194 Å². The Kier molecular flexibility index (Phi) is 5.28. The number of anilines is 4. The first-order chi connectivity index (χ1) is 16.3. The SMILES string of the molecule is CNc1c2cnc(Nc3ccc(N4CC(C)(F)C4)cc3)nc2nc(=O)n1C1C(=O)C=CCC1O. The number of allylic oxidation sites excluding steroid dienone is 1. The van der Waals surface area contributed by atoms with Crippen LogP contribution in [0.1, 0.15) is 19.4 Å². The molecule has 5 rings (SSSR count). The number of rotatable bonds is 5. The van der Waals surface area contributed by atoms with Gasteiger partial charge in [0, 0.05) is 24.6 Å². The van der Waals surface area contributed by atoms with E-state index in [0.29, 0.717) is 24.3 Å². The zero-order valence-corrected chi connectivity index (χ0v) is 18.7. The zero-order chi connectivity index (χ0) is 24.0. The van der Waals surface area contributed by atoms with E-state index in [1.165, 1.54) is 12.3 Å². The number of benzene rings is 1. The molecule has 1 aliphatic carbocycles. The van der Waals surface area contributed by atoms with Crippen molar-refractivity contribution in [1.29, 1.82) is 0 Å². The van der Waals surface area contributed by atoms with Crippen LogP contribution in [0.5, 0.6) is 0 Å². The van der Waals surface area contributed by atoms with Crippen molar-refractivity contribution in [3.8, 4) is 0 Å². The number of nitrogens with zero attached hydrogens (tertiary/aromatic N) is 5. The van der Waals surface area contributed by atoms with Crippen LogP contribution in [0, 0.1) is 0 Å². The van der Waals surface area contributed by atoms with Gasteiger partial charge in [-0.15, -0.1) is 0 Å². The molecule has 3 aromatic rings. The van der Waals surface area contributed by atoms with E-state index in [4.69, 9.17) is 0 Å². The topological polar surface area (TPSA) is 125 Å². The van der Waals surface area contributed by atoms with Crippen LogP contribution < -0.4 is 21.2 Å². The van der Waals surface area contributed by atoms with Gasteiger partial charge >= 0.3 is 5.69 Å². The van der Waals surface area contributed by atoms with Crippen LogP contribution in [0.2, 0.25) is 0 Å². The van der Waals surface area contributed by atoms with E-state index in [0.717, 1.165) is 15.9 Å². The molecule has 2 aromatic heterocycles. The minimum absolute atomic E-state index is 0.149. The maximum Gasteiger partial charge on any atom is 0.352 e. The van der Waals surface area contributed by atoms with Crippen LogP contribution >= 0.6 is 0 Å². The van der Waals surface area contributed by atoms with E-state index in [9.17, 15) is 19.1 Å². The zero-order valence-electron chi connectivity index (χ0n) is 18.7. The lowest BCUT2D eigenvalue weighted by atomic mass is 9.97. The number of carbonyl (C=O) groups excluding carboxylic acids is 1. The molecular formula is C23H24FN7O3. The van der Waals surface area contributed by atoms with Gasteiger partial charge in [0.05, 0.1) is 24.6 Å². The number of ketones is 1. The number of nitrogens with one attached hydrogen (secondary N) is 2. The van der Waals surface area contributed by atoms with Gasteiger partial charge in [-0.1, -0.05) is 6.08 Å². The first-order valence-electron chi connectivity index (χ1n) is 10.9. The molecule has 1 aliphatic heterocycles. The summed E-state index contributed by atoms with van der Waals surface area (Å²) in [5, 5.41) is 16.8. The highest BCUT2D eigenvalue weighted by atomic mass is 19.1. The quantitative estimate of drug-likeness (QED) is 0.518. The Morgan fingerprint density at radius 2 is 1.91 bits per heavy atom. The number of hydrogen-bond acceptors (Lipinski definition) is 9. The number of alkyl halides is 1. The fourth-order valence-corrected chi connectivity index (χ4v) is 4.43. The molecule has 0 saturated carbocycles. The van der Waals surface area contributed by atoms with Crippen molar-refractivity contribution in [1.82, 2.24) is 19.5 Å². The summed E-state index contributed by atoms with van der Waals surface area (Å²) in [6.07, 6.45) is 3.66. The number of aliphatic hydroxyl groups is 1. The summed E-state index contributed by atoms with van der Waals surface area (Å²) in [5.74, 6) is 0.160. The predicted molar refractivity (Wildman–Crippen MR) is 126 cm³/mol. The molecule has 1 aromatic carbocycles. The smallest absolute Gasteiger partial charge is 0.352 e. The maximum absolute atomic E-state index is 13.7. The highest BCUT2D eigenvalue weighted by Crippen LogP contribution is 2.31. The van der Waals surface area contributed by atoms with Gasteiger partial charge in [0.15, 0.2) is 11.4 Å². The largest absolute Gasteiger partial charge is 0.390 e. The highest BCUT2D eigenvalue weighted by Gasteiger charge is 2.38. The maximum atomic E-state index is 13.7. The molecular weight excluding hydrogens is 441 g/mol. The third-order valence-electron chi connectivity index (χ3n) is 6.03. The third-order valence-corrected chi connectivity index (χ3v) is 6.03. The summed E-state index contributed by atoms with van der Waals surface area (Å²) in [6.45, 7) is 2.32. The van der Waals surface area contributed by atoms with Gasteiger partial charge in [-0.05, 0) is 43.7 Å².